The van der Waals surface area contributed by atoms with Gasteiger partial charge in [0.25, 0.3) is 0 Å². The van der Waals surface area contributed by atoms with Gasteiger partial charge in [0.1, 0.15) is 6.61 Å². The van der Waals surface area contributed by atoms with E-state index in [9.17, 15) is 18.0 Å². The maximum Gasteiger partial charge on any atom is 0.329 e. The minimum Gasteiger partial charge on any atom is -0.480 e. The highest BCUT2D eigenvalue weighted by molar-refractivity contribution is 7.89. The molecule has 0 atom stereocenters. The second-order valence-electron chi connectivity index (χ2n) is 4.37. The van der Waals surface area contributed by atoms with Gasteiger partial charge in [0.05, 0.1) is 25.6 Å². The van der Waals surface area contributed by atoms with Crippen LogP contribution in [0.2, 0.25) is 0 Å². The Kier molecular flexibility index (Phi) is 7.57. The molecule has 0 bridgehead atoms. The third-order valence-corrected chi connectivity index (χ3v) is 4.62. The molecular weight excluding hydrogens is 304 g/mol. The number of carbonyl (C=O) groups is 2. The van der Waals surface area contributed by atoms with Crippen molar-refractivity contribution in [2.75, 3.05) is 51.8 Å². The standard InChI is InChI=1S/C11H20N2O7S/c14-10(12-2-5-20-9-11(15)16)1-8-21(17,18)13-3-6-19-7-4-13/h1-9H2,(H,12,14)(H,15,16). The second-order valence-corrected chi connectivity index (χ2v) is 6.46. The molecule has 0 spiro atoms. The lowest BCUT2D eigenvalue weighted by atomic mass is 10.4. The first-order valence-corrected chi connectivity index (χ1v) is 8.14. The van der Waals surface area contributed by atoms with Crippen LogP contribution >= 0.6 is 0 Å². The van der Waals surface area contributed by atoms with E-state index in [1.54, 1.807) is 0 Å². The average Bonchev–Trinajstić information content (AvgIpc) is 2.45. The molecule has 1 heterocycles. The van der Waals surface area contributed by atoms with Crippen molar-refractivity contribution in [3.8, 4) is 0 Å². The van der Waals surface area contributed by atoms with Crippen molar-refractivity contribution in [1.82, 2.24) is 9.62 Å². The monoisotopic (exact) mass is 324 g/mol. The lowest BCUT2D eigenvalue weighted by Gasteiger charge is -2.25. The van der Waals surface area contributed by atoms with E-state index in [1.807, 2.05) is 0 Å². The van der Waals surface area contributed by atoms with Crippen LogP contribution in [0.15, 0.2) is 0 Å². The van der Waals surface area contributed by atoms with Gasteiger partial charge in [-0.3, -0.25) is 4.79 Å². The van der Waals surface area contributed by atoms with Crippen LogP contribution in [0.4, 0.5) is 0 Å². The van der Waals surface area contributed by atoms with Gasteiger partial charge >= 0.3 is 5.97 Å². The van der Waals surface area contributed by atoms with Gasteiger partial charge in [-0.1, -0.05) is 0 Å². The Hall–Kier alpha value is -1.23. The molecular formula is C11H20N2O7S. The fourth-order valence-corrected chi connectivity index (χ4v) is 3.09. The first-order valence-electron chi connectivity index (χ1n) is 6.53. The van der Waals surface area contributed by atoms with Gasteiger partial charge in [-0.05, 0) is 0 Å². The fourth-order valence-electron chi connectivity index (χ4n) is 1.69. The van der Waals surface area contributed by atoms with Crippen LogP contribution in [0, 0.1) is 0 Å². The number of ether oxygens (including phenoxy) is 2. The van der Waals surface area contributed by atoms with Gasteiger partial charge in [-0.15, -0.1) is 0 Å². The lowest BCUT2D eigenvalue weighted by Crippen LogP contribution is -2.42. The number of carbonyl (C=O) groups excluding carboxylic acids is 1. The van der Waals surface area contributed by atoms with E-state index < -0.39 is 28.5 Å². The molecule has 0 unspecified atom stereocenters. The second kappa shape index (κ2) is 8.93. The number of amides is 1. The van der Waals surface area contributed by atoms with Gasteiger partial charge in [-0.25, -0.2) is 13.2 Å². The van der Waals surface area contributed by atoms with Crippen molar-refractivity contribution in [2.24, 2.45) is 0 Å². The summed E-state index contributed by atoms with van der Waals surface area (Å²) in [6, 6.07) is 0. The molecule has 10 heteroatoms. The predicted molar refractivity (Wildman–Crippen MR) is 72.3 cm³/mol. The first kappa shape index (κ1) is 17.8. The number of carboxylic acid groups (broad SMARTS) is 1. The summed E-state index contributed by atoms with van der Waals surface area (Å²) in [7, 11) is -3.44. The molecule has 1 fully saturated rings. The maximum atomic E-state index is 11.9. The molecule has 0 saturated carbocycles. The van der Waals surface area contributed by atoms with Gasteiger partial charge in [0.15, 0.2) is 0 Å². The molecule has 122 valence electrons. The van der Waals surface area contributed by atoms with Crippen molar-refractivity contribution in [3.63, 3.8) is 0 Å². The Balaban J connectivity index is 2.18. The Morgan fingerprint density at radius 2 is 1.95 bits per heavy atom. The average molecular weight is 324 g/mol. The predicted octanol–water partition coefficient (Wildman–Crippen LogP) is -1.74. The summed E-state index contributed by atoms with van der Waals surface area (Å²) >= 11 is 0. The zero-order valence-corrected chi connectivity index (χ0v) is 12.4. The minimum atomic E-state index is -3.44. The molecule has 1 aliphatic rings. The molecule has 2 N–H and O–H groups in total. The highest BCUT2D eigenvalue weighted by Crippen LogP contribution is 2.06. The molecule has 0 aliphatic carbocycles. The van der Waals surface area contributed by atoms with Crippen LogP contribution in [0.5, 0.6) is 0 Å². The number of hydrogen-bond acceptors (Lipinski definition) is 6. The summed E-state index contributed by atoms with van der Waals surface area (Å²) in [6.45, 7) is 1.14. The maximum absolute atomic E-state index is 11.9. The Morgan fingerprint density at radius 1 is 1.29 bits per heavy atom. The molecule has 9 nitrogen and oxygen atoms in total. The summed E-state index contributed by atoms with van der Waals surface area (Å²) in [5.74, 6) is -1.75. The van der Waals surface area contributed by atoms with E-state index in [0.29, 0.717) is 26.3 Å². The molecule has 1 aliphatic heterocycles. The molecule has 0 aromatic rings. The van der Waals surface area contributed by atoms with Gasteiger partial charge in [0, 0.05) is 26.1 Å². The number of rotatable bonds is 9. The third kappa shape index (κ3) is 7.37. The molecule has 0 aromatic carbocycles. The van der Waals surface area contributed by atoms with Gasteiger partial charge in [-0.2, -0.15) is 4.31 Å². The van der Waals surface area contributed by atoms with Crippen LogP contribution in [-0.4, -0.2) is 81.5 Å². The van der Waals surface area contributed by atoms with E-state index in [1.165, 1.54) is 4.31 Å². The smallest absolute Gasteiger partial charge is 0.329 e. The zero-order valence-electron chi connectivity index (χ0n) is 11.6. The quantitative estimate of drug-likeness (QED) is 0.482. The molecule has 1 saturated heterocycles. The Morgan fingerprint density at radius 3 is 2.57 bits per heavy atom. The van der Waals surface area contributed by atoms with Crippen LogP contribution < -0.4 is 5.32 Å². The summed E-state index contributed by atoms with van der Waals surface area (Å²) in [5.41, 5.74) is 0. The van der Waals surface area contributed by atoms with E-state index in [-0.39, 0.29) is 25.3 Å². The SMILES string of the molecule is O=C(O)COCCNC(=O)CCS(=O)(=O)N1CCOCC1. The van der Waals surface area contributed by atoms with Crippen LogP contribution in [0.1, 0.15) is 6.42 Å². The van der Waals surface area contributed by atoms with E-state index in [4.69, 9.17) is 14.6 Å². The normalized spacial score (nSPS) is 16.6. The van der Waals surface area contributed by atoms with Crippen LogP contribution in [0.3, 0.4) is 0 Å². The topological polar surface area (TPSA) is 122 Å². The first-order chi connectivity index (χ1) is 9.92. The van der Waals surface area contributed by atoms with Gasteiger partial charge < -0.3 is 19.9 Å². The molecule has 1 rings (SSSR count). The molecule has 0 aromatic heterocycles. The lowest BCUT2D eigenvalue weighted by molar-refractivity contribution is -0.142. The Bertz CT molecular complexity index is 445. The highest BCUT2D eigenvalue weighted by atomic mass is 32.2. The number of nitrogens with zero attached hydrogens (tertiary/aromatic N) is 1. The number of hydrogen-bond donors (Lipinski definition) is 2. The van der Waals surface area contributed by atoms with Crippen molar-refractivity contribution < 1.29 is 32.6 Å². The number of nitrogens with one attached hydrogen (secondary N) is 1. The number of sulfonamides is 1. The Labute approximate surface area is 123 Å². The van der Waals surface area contributed by atoms with Gasteiger partial charge in [0.2, 0.25) is 15.9 Å². The largest absolute Gasteiger partial charge is 0.480 e. The highest BCUT2D eigenvalue weighted by Gasteiger charge is 2.24. The summed E-state index contributed by atoms with van der Waals surface area (Å²) in [6.07, 6.45) is -0.140. The van der Waals surface area contributed by atoms with Crippen molar-refractivity contribution in [3.05, 3.63) is 0 Å². The minimum absolute atomic E-state index is 0.0637. The van der Waals surface area contributed by atoms with E-state index in [2.05, 4.69) is 5.32 Å². The molecule has 21 heavy (non-hydrogen) atoms. The number of aliphatic carboxylic acids is 1. The van der Waals surface area contributed by atoms with Crippen molar-refractivity contribution >= 4 is 21.9 Å². The van der Waals surface area contributed by atoms with Crippen LogP contribution in [-0.2, 0) is 29.1 Å². The zero-order chi connectivity index (χ0) is 15.7. The van der Waals surface area contributed by atoms with E-state index in [0.717, 1.165) is 0 Å². The molecule has 1 amide bonds. The van der Waals surface area contributed by atoms with Crippen molar-refractivity contribution in [2.45, 2.75) is 6.42 Å². The summed E-state index contributed by atoms with van der Waals surface area (Å²) < 4.78 is 35.0. The summed E-state index contributed by atoms with van der Waals surface area (Å²) in [4.78, 5) is 21.6. The third-order valence-electron chi connectivity index (χ3n) is 2.74. The number of carboxylic acids is 1. The van der Waals surface area contributed by atoms with Crippen molar-refractivity contribution in [1.29, 1.82) is 0 Å². The number of morpholine rings is 1. The fraction of sp³-hybridized carbons (Fsp3) is 0.818. The summed E-state index contributed by atoms with van der Waals surface area (Å²) in [5, 5.41) is 10.8. The molecule has 0 radical (unpaired) electrons. The van der Waals surface area contributed by atoms with E-state index >= 15 is 0 Å². The van der Waals surface area contributed by atoms with Crippen LogP contribution in [0.25, 0.3) is 0 Å².